The lowest BCUT2D eigenvalue weighted by Crippen LogP contribution is -2.12. The molecule has 8 heteroatoms. The zero-order valence-corrected chi connectivity index (χ0v) is 14.9. The predicted octanol–water partition coefficient (Wildman–Crippen LogP) is 3.68. The van der Waals surface area contributed by atoms with Gasteiger partial charge in [0.15, 0.2) is 5.75 Å². The molecule has 3 aromatic rings. The Morgan fingerprint density at radius 3 is 2.65 bits per heavy atom. The lowest BCUT2D eigenvalue weighted by molar-refractivity contribution is 0.0721. The van der Waals surface area contributed by atoms with Gasteiger partial charge in [-0.1, -0.05) is 27.5 Å². The molecule has 0 aliphatic rings. The zero-order valence-electron chi connectivity index (χ0n) is 12.6. The van der Waals surface area contributed by atoms with Crippen LogP contribution >= 0.6 is 27.5 Å². The van der Waals surface area contributed by atoms with Crippen LogP contribution in [0.5, 0.6) is 5.75 Å². The first-order chi connectivity index (χ1) is 10.8. The maximum absolute atomic E-state index is 12.3. The Balaban J connectivity index is 1.97. The summed E-state index contributed by atoms with van der Waals surface area (Å²) in [6.45, 7) is 5.51. The van der Waals surface area contributed by atoms with E-state index in [1.807, 2.05) is 19.9 Å². The number of aryl methyl sites for hydroxylation is 3. The summed E-state index contributed by atoms with van der Waals surface area (Å²) < 4.78 is 7.66. The number of esters is 1. The quantitative estimate of drug-likeness (QED) is 0.489. The number of carbonyl (C=O) groups is 1. The van der Waals surface area contributed by atoms with Crippen LogP contribution in [0.4, 0.5) is 0 Å². The molecule has 6 nitrogen and oxygen atoms in total. The maximum atomic E-state index is 12.3. The molecule has 0 aliphatic carbocycles. The minimum absolute atomic E-state index is 0.0652. The molecule has 0 saturated heterocycles. The Morgan fingerprint density at radius 2 is 1.96 bits per heavy atom. The van der Waals surface area contributed by atoms with Gasteiger partial charge in [-0.25, -0.2) is 14.3 Å². The molecule has 0 bridgehead atoms. The monoisotopic (exact) mass is 394 g/mol. The van der Waals surface area contributed by atoms with Crippen molar-refractivity contribution in [2.45, 2.75) is 20.8 Å². The van der Waals surface area contributed by atoms with E-state index in [-0.39, 0.29) is 5.82 Å². The topological polar surface area (TPSA) is 69.4 Å². The fourth-order valence-corrected chi connectivity index (χ4v) is 3.22. The first kappa shape index (κ1) is 15.9. The second-order valence-corrected chi connectivity index (χ2v) is 6.43. The molecule has 0 radical (unpaired) electrons. The summed E-state index contributed by atoms with van der Waals surface area (Å²) in [4.78, 5) is 20.7. The molecule has 2 aromatic heterocycles. The molecule has 0 amide bonds. The molecular formula is C15H12BrClN4O2. The minimum atomic E-state index is -0.681. The van der Waals surface area contributed by atoms with Crippen molar-refractivity contribution >= 4 is 39.3 Å². The molecule has 0 saturated carbocycles. The summed E-state index contributed by atoms with van der Waals surface area (Å²) in [6.07, 6.45) is 0. The van der Waals surface area contributed by atoms with Crippen molar-refractivity contribution < 1.29 is 9.53 Å². The van der Waals surface area contributed by atoms with Crippen LogP contribution in [0.25, 0.3) is 5.78 Å². The van der Waals surface area contributed by atoms with Gasteiger partial charge < -0.3 is 4.74 Å². The van der Waals surface area contributed by atoms with E-state index in [0.29, 0.717) is 16.5 Å². The van der Waals surface area contributed by atoms with E-state index in [1.54, 1.807) is 19.1 Å². The summed E-state index contributed by atoms with van der Waals surface area (Å²) in [6, 6.07) is 5.32. The lowest BCUT2D eigenvalue weighted by atomic mass is 10.2. The Morgan fingerprint density at radius 1 is 1.22 bits per heavy atom. The van der Waals surface area contributed by atoms with Crippen LogP contribution in [0.15, 0.2) is 22.7 Å². The summed E-state index contributed by atoms with van der Waals surface area (Å²) in [5.74, 6) is -0.0999. The SMILES string of the molecule is Cc1cc(C)n2nc(C(=O)Oc3c(C)cc(Br)cc3Cl)nc2n1. The number of aromatic nitrogens is 4. The smallest absolute Gasteiger partial charge is 0.383 e. The van der Waals surface area contributed by atoms with Crippen molar-refractivity contribution in [3.63, 3.8) is 0 Å². The molecule has 23 heavy (non-hydrogen) atoms. The van der Waals surface area contributed by atoms with Crippen molar-refractivity contribution in [3.8, 4) is 5.75 Å². The van der Waals surface area contributed by atoms with Gasteiger partial charge >= 0.3 is 5.97 Å². The van der Waals surface area contributed by atoms with E-state index in [2.05, 4.69) is 31.0 Å². The average molecular weight is 396 g/mol. The highest BCUT2D eigenvalue weighted by Gasteiger charge is 2.19. The molecule has 3 rings (SSSR count). The second-order valence-electron chi connectivity index (χ2n) is 5.11. The van der Waals surface area contributed by atoms with Crippen molar-refractivity contribution in [1.82, 2.24) is 19.6 Å². The molecule has 0 spiro atoms. The summed E-state index contributed by atoms with van der Waals surface area (Å²) in [7, 11) is 0. The van der Waals surface area contributed by atoms with E-state index in [0.717, 1.165) is 21.4 Å². The van der Waals surface area contributed by atoms with Crippen molar-refractivity contribution in [2.75, 3.05) is 0 Å². The number of hydrogen-bond acceptors (Lipinski definition) is 5. The van der Waals surface area contributed by atoms with Gasteiger partial charge in [0.1, 0.15) is 0 Å². The molecule has 0 unspecified atom stereocenters. The first-order valence-corrected chi connectivity index (χ1v) is 7.91. The number of benzene rings is 1. The Kier molecular flexibility index (Phi) is 4.08. The Hall–Kier alpha value is -1.99. The zero-order chi connectivity index (χ0) is 16.7. The molecule has 2 heterocycles. The Labute approximate surface area is 145 Å². The fraction of sp³-hybridized carbons (Fsp3) is 0.200. The van der Waals surface area contributed by atoms with Gasteiger partial charge in [0, 0.05) is 15.9 Å². The summed E-state index contributed by atoms with van der Waals surface area (Å²) in [5, 5.41) is 4.48. The normalized spacial score (nSPS) is 11.0. The van der Waals surface area contributed by atoms with E-state index in [1.165, 1.54) is 4.52 Å². The minimum Gasteiger partial charge on any atom is -0.419 e. The molecule has 118 valence electrons. The predicted molar refractivity (Wildman–Crippen MR) is 89.1 cm³/mol. The van der Waals surface area contributed by atoms with E-state index < -0.39 is 5.97 Å². The van der Waals surface area contributed by atoms with Crippen LogP contribution in [0.3, 0.4) is 0 Å². The van der Waals surface area contributed by atoms with Gasteiger partial charge in [-0.3, -0.25) is 0 Å². The van der Waals surface area contributed by atoms with Gasteiger partial charge in [-0.05, 0) is 44.5 Å². The van der Waals surface area contributed by atoms with Gasteiger partial charge in [0.05, 0.1) is 5.02 Å². The number of halogens is 2. The number of nitrogens with zero attached hydrogens (tertiary/aromatic N) is 4. The summed E-state index contributed by atoms with van der Waals surface area (Å²) in [5.41, 5.74) is 2.36. The molecular weight excluding hydrogens is 384 g/mol. The Bertz CT molecular complexity index is 916. The third-order valence-electron chi connectivity index (χ3n) is 3.19. The van der Waals surface area contributed by atoms with Gasteiger partial charge in [0.25, 0.3) is 11.6 Å². The van der Waals surface area contributed by atoms with Crippen LogP contribution in [0, 0.1) is 20.8 Å². The van der Waals surface area contributed by atoms with Crippen LogP contribution in [0.2, 0.25) is 5.02 Å². The van der Waals surface area contributed by atoms with Gasteiger partial charge in [-0.15, -0.1) is 5.10 Å². The van der Waals surface area contributed by atoms with E-state index in [9.17, 15) is 4.79 Å². The highest BCUT2D eigenvalue weighted by atomic mass is 79.9. The van der Waals surface area contributed by atoms with E-state index in [4.69, 9.17) is 16.3 Å². The highest BCUT2D eigenvalue weighted by Crippen LogP contribution is 2.32. The standard InChI is InChI=1S/C15H12BrClN4O2/c1-7-4-10(16)6-11(17)12(7)23-14(22)13-19-15-18-8(2)5-9(3)21(15)20-13/h4-6H,1-3H3. The summed E-state index contributed by atoms with van der Waals surface area (Å²) >= 11 is 9.46. The highest BCUT2D eigenvalue weighted by molar-refractivity contribution is 9.10. The molecule has 1 aromatic carbocycles. The fourth-order valence-electron chi connectivity index (χ4n) is 2.21. The first-order valence-electron chi connectivity index (χ1n) is 6.74. The van der Waals surface area contributed by atoms with Crippen LogP contribution < -0.4 is 4.74 Å². The molecule has 0 aliphatic heterocycles. The molecule has 0 N–H and O–H groups in total. The average Bonchev–Trinajstić information content (AvgIpc) is 2.86. The van der Waals surface area contributed by atoms with Crippen LogP contribution in [-0.2, 0) is 0 Å². The largest absolute Gasteiger partial charge is 0.419 e. The van der Waals surface area contributed by atoms with E-state index >= 15 is 0 Å². The number of hydrogen-bond donors (Lipinski definition) is 0. The number of carbonyl (C=O) groups excluding carboxylic acids is 1. The third kappa shape index (κ3) is 3.07. The van der Waals surface area contributed by atoms with Crippen LogP contribution in [0.1, 0.15) is 27.6 Å². The van der Waals surface area contributed by atoms with Crippen molar-refractivity contribution in [3.05, 3.63) is 50.5 Å². The second kappa shape index (κ2) is 5.90. The molecule has 0 atom stereocenters. The number of rotatable bonds is 2. The maximum Gasteiger partial charge on any atom is 0.383 e. The van der Waals surface area contributed by atoms with Gasteiger partial charge in [-0.2, -0.15) is 4.98 Å². The molecule has 0 fully saturated rings. The number of ether oxygens (including phenoxy) is 1. The lowest BCUT2D eigenvalue weighted by Gasteiger charge is -2.08. The van der Waals surface area contributed by atoms with Crippen LogP contribution in [-0.4, -0.2) is 25.6 Å². The van der Waals surface area contributed by atoms with Crippen molar-refractivity contribution in [1.29, 1.82) is 0 Å². The number of fused-ring (bicyclic) bond motifs is 1. The van der Waals surface area contributed by atoms with Gasteiger partial charge in [0.2, 0.25) is 0 Å². The van der Waals surface area contributed by atoms with Crippen molar-refractivity contribution in [2.24, 2.45) is 0 Å². The third-order valence-corrected chi connectivity index (χ3v) is 3.93.